The van der Waals surface area contributed by atoms with Gasteiger partial charge in [-0.05, 0) is 31.0 Å². The van der Waals surface area contributed by atoms with Crippen LogP contribution in [-0.4, -0.2) is 52.2 Å². The summed E-state index contributed by atoms with van der Waals surface area (Å²) in [6, 6.07) is 7.35. The Morgan fingerprint density at radius 2 is 1.78 bits per heavy atom. The lowest BCUT2D eigenvalue weighted by Gasteiger charge is -2.37. The maximum absolute atomic E-state index is 12.0. The van der Waals surface area contributed by atoms with Gasteiger partial charge >= 0.3 is 11.9 Å². The molecule has 1 aliphatic heterocycles. The highest BCUT2D eigenvalue weighted by molar-refractivity contribution is 5.94. The van der Waals surface area contributed by atoms with Crippen molar-refractivity contribution in [3.8, 4) is 5.75 Å². The number of hydroxylamine groups is 1. The van der Waals surface area contributed by atoms with Gasteiger partial charge in [0.2, 0.25) is 0 Å². The molecule has 0 unspecified atom stereocenters. The van der Waals surface area contributed by atoms with Gasteiger partial charge in [0, 0.05) is 25.0 Å². The molecule has 150 valence electrons. The quantitative estimate of drug-likeness (QED) is 0.538. The molecule has 0 radical (unpaired) electrons. The van der Waals surface area contributed by atoms with Crippen LogP contribution in [-0.2, 0) is 28.6 Å². The highest BCUT2D eigenvalue weighted by Crippen LogP contribution is 2.34. The average molecular weight is 381 g/mol. The summed E-state index contributed by atoms with van der Waals surface area (Å²) in [5, 5.41) is 0. The zero-order chi connectivity index (χ0) is 19.8. The Balaban J connectivity index is 2.24. The third-order valence-electron chi connectivity index (χ3n) is 4.64. The van der Waals surface area contributed by atoms with Gasteiger partial charge in [0.15, 0.2) is 12.2 Å². The Labute approximate surface area is 159 Å². The SMILES string of the molecule is CCO[C@@H]1C[C@@H](c2ccc(OC)cc2)[C@H](CC(C(=O)OC)C(=O)OC)NO1. The van der Waals surface area contributed by atoms with Gasteiger partial charge in [0.25, 0.3) is 0 Å². The summed E-state index contributed by atoms with van der Waals surface area (Å²) in [5.74, 6) is -1.60. The number of rotatable bonds is 8. The van der Waals surface area contributed by atoms with Crippen LogP contribution in [0.2, 0.25) is 0 Å². The number of nitrogens with one attached hydrogen (secondary N) is 1. The first-order valence-corrected chi connectivity index (χ1v) is 8.86. The van der Waals surface area contributed by atoms with Gasteiger partial charge in [0.05, 0.1) is 21.3 Å². The van der Waals surface area contributed by atoms with Crippen LogP contribution in [0.1, 0.15) is 31.2 Å². The molecule has 0 bridgehead atoms. The predicted molar refractivity (Wildman–Crippen MR) is 95.9 cm³/mol. The van der Waals surface area contributed by atoms with Gasteiger partial charge in [-0.15, -0.1) is 0 Å². The van der Waals surface area contributed by atoms with Crippen LogP contribution in [0.3, 0.4) is 0 Å². The van der Waals surface area contributed by atoms with Crippen LogP contribution in [0.15, 0.2) is 24.3 Å². The minimum absolute atomic E-state index is 0.0435. The fourth-order valence-corrected chi connectivity index (χ4v) is 3.21. The first-order valence-electron chi connectivity index (χ1n) is 8.86. The number of methoxy groups -OCH3 is 3. The van der Waals surface area contributed by atoms with Crippen molar-refractivity contribution in [2.75, 3.05) is 27.9 Å². The second-order valence-corrected chi connectivity index (χ2v) is 6.18. The fourth-order valence-electron chi connectivity index (χ4n) is 3.21. The van der Waals surface area contributed by atoms with Crippen LogP contribution in [0.25, 0.3) is 0 Å². The molecule has 8 heteroatoms. The lowest BCUT2D eigenvalue weighted by atomic mass is 9.83. The minimum Gasteiger partial charge on any atom is -0.497 e. The van der Waals surface area contributed by atoms with E-state index in [1.807, 2.05) is 31.2 Å². The number of carbonyl (C=O) groups excluding carboxylic acids is 2. The molecule has 1 aliphatic rings. The van der Waals surface area contributed by atoms with E-state index < -0.39 is 24.1 Å². The van der Waals surface area contributed by atoms with Crippen molar-refractivity contribution >= 4 is 11.9 Å². The maximum Gasteiger partial charge on any atom is 0.320 e. The molecule has 3 atom stereocenters. The van der Waals surface area contributed by atoms with E-state index in [1.54, 1.807) is 7.11 Å². The zero-order valence-corrected chi connectivity index (χ0v) is 16.1. The van der Waals surface area contributed by atoms with E-state index in [4.69, 9.17) is 23.8 Å². The normalized spacial score (nSPS) is 22.3. The lowest BCUT2D eigenvalue weighted by molar-refractivity contribution is -0.217. The van der Waals surface area contributed by atoms with Crippen LogP contribution < -0.4 is 10.2 Å². The molecule has 1 fully saturated rings. The van der Waals surface area contributed by atoms with Gasteiger partial charge in [0.1, 0.15) is 5.75 Å². The summed E-state index contributed by atoms with van der Waals surface area (Å²) >= 11 is 0. The van der Waals surface area contributed by atoms with Crippen LogP contribution in [0.4, 0.5) is 0 Å². The molecule has 0 spiro atoms. The third-order valence-corrected chi connectivity index (χ3v) is 4.64. The average Bonchev–Trinajstić information content (AvgIpc) is 2.71. The first-order chi connectivity index (χ1) is 13.0. The van der Waals surface area contributed by atoms with Crippen LogP contribution in [0.5, 0.6) is 5.75 Å². The van der Waals surface area contributed by atoms with E-state index in [9.17, 15) is 9.59 Å². The Bertz CT molecular complexity index is 603. The van der Waals surface area contributed by atoms with Gasteiger partial charge in [-0.25, -0.2) is 0 Å². The zero-order valence-electron chi connectivity index (χ0n) is 16.1. The van der Waals surface area contributed by atoms with Gasteiger partial charge < -0.3 is 18.9 Å². The molecule has 8 nitrogen and oxygen atoms in total. The molecule has 0 aromatic heterocycles. The molecule has 2 rings (SSSR count). The van der Waals surface area contributed by atoms with E-state index in [-0.39, 0.29) is 18.4 Å². The third kappa shape index (κ3) is 5.41. The van der Waals surface area contributed by atoms with Gasteiger partial charge in [-0.2, -0.15) is 5.48 Å². The molecule has 27 heavy (non-hydrogen) atoms. The Hall–Kier alpha value is -2.16. The Morgan fingerprint density at radius 3 is 2.30 bits per heavy atom. The lowest BCUT2D eigenvalue weighted by Crippen LogP contribution is -2.48. The van der Waals surface area contributed by atoms with Crippen LogP contribution >= 0.6 is 0 Å². The second-order valence-electron chi connectivity index (χ2n) is 6.18. The van der Waals surface area contributed by atoms with Crippen molar-refractivity contribution in [2.24, 2.45) is 5.92 Å². The molecule has 0 aliphatic carbocycles. The van der Waals surface area contributed by atoms with E-state index in [0.717, 1.165) is 11.3 Å². The van der Waals surface area contributed by atoms with Gasteiger partial charge in [-0.1, -0.05) is 12.1 Å². The highest BCUT2D eigenvalue weighted by atomic mass is 16.8. The summed E-state index contributed by atoms with van der Waals surface area (Å²) in [7, 11) is 4.10. The molecular weight excluding hydrogens is 354 g/mol. The van der Waals surface area contributed by atoms with Crippen molar-refractivity contribution in [2.45, 2.75) is 38.0 Å². The number of carbonyl (C=O) groups is 2. The van der Waals surface area contributed by atoms with E-state index in [1.165, 1.54) is 14.2 Å². The van der Waals surface area contributed by atoms with Crippen molar-refractivity contribution in [3.05, 3.63) is 29.8 Å². The summed E-state index contributed by atoms with van der Waals surface area (Å²) in [6.07, 6.45) is 0.329. The molecule has 1 aromatic carbocycles. The fraction of sp³-hybridized carbons (Fsp3) is 0.579. The topological polar surface area (TPSA) is 92.3 Å². The summed E-state index contributed by atoms with van der Waals surface area (Å²) < 4.78 is 20.3. The summed E-state index contributed by atoms with van der Waals surface area (Å²) in [6.45, 7) is 2.40. The minimum atomic E-state index is -1.04. The molecule has 0 amide bonds. The standard InChI is InChI=1S/C19H27NO7/c1-5-26-17-11-14(12-6-8-13(23-2)9-7-12)16(20-27-17)10-15(18(21)24-3)19(22)25-4/h6-9,14-17,20H,5,10-11H2,1-4H3/t14-,16-,17-/m0/s1. The monoisotopic (exact) mass is 381 g/mol. The molecule has 1 heterocycles. The largest absolute Gasteiger partial charge is 0.497 e. The predicted octanol–water partition coefficient (Wildman–Crippen LogP) is 1.79. The number of esters is 2. The van der Waals surface area contributed by atoms with Crippen molar-refractivity contribution in [1.29, 1.82) is 0 Å². The Morgan fingerprint density at radius 1 is 1.15 bits per heavy atom. The molecular formula is C19H27NO7. The number of hydrogen-bond acceptors (Lipinski definition) is 8. The Kier molecular flexibility index (Phi) is 8.02. The number of benzene rings is 1. The maximum atomic E-state index is 12.0. The van der Waals surface area contributed by atoms with Crippen molar-refractivity contribution < 1.29 is 33.4 Å². The van der Waals surface area contributed by atoms with Crippen molar-refractivity contribution in [3.63, 3.8) is 0 Å². The molecule has 1 aromatic rings. The van der Waals surface area contributed by atoms with Gasteiger partial charge in [-0.3, -0.25) is 14.4 Å². The summed E-state index contributed by atoms with van der Waals surface area (Å²) in [4.78, 5) is 29.6. The second kappa shape index (κ2) is 10.2. The summed E-state index contributed by atoms with van der Waals surface area (Å²) in [5.41, 5.74) is 3.97. The van der Waals surface area contributed by atoms with E-state index in [2.05, 4.69) is 5.48 Å². The molecule has 0 saturated carbocycles. The van der Waals surface area contributed by atoms with E-state index in [0.29, 0.717) is 13.0 Å². The van der Waals surface area contributed by atoms with Crippen molar-refractivity contribution in [1.82, 2.24) is 5.48 Å². The molecule has 1 saturated heterocycles. The number of ether oxygens (including phenoxy) is 4. The highest BCUT2D eigenvalue weighted by Gasteiger charge is 2.39. The molecule has 1 N–H and O–H groups in total. The first kappa shape index (κ1) is 21.1. The smallest absolute Gasteiger partial charge is 0.320 e. The number of hydrogen-bond donors (Lipinski definition) is 1. The van der Waals surface area contributed by atoms with E-state index >= 15 is 0 Å². The van der Waals surface area contributed by atoms with Crippen LogP contribution in [0, 0.1) is 5.92 Å².